The van der Waals surface area contributed by atoms with Crippen LogP contribution in [0, 0.1) is 18.8 Å². The maximum absolute atomic E-state index is 13.3. The number of carbonyl (C=O) groups is 1. The first kappa shape index (κ1) is 21.9. The molecule has 0 bridgehead atoms. The van der Waals surface area contributed by atoms with Gasteiger partial charge in [-0.2, -0.15) is 4.31 Å². The van der Waals surface area contributed by atoms with Gasteiger partial charge in [-0.15, -0.1) is 0 Å². The minimum Gasteiger partial charge on any atom is -0.451 e. The second-order valence-electron chi connectivity index (χ2n) is 8.42. The number of para-hydroxylation sites is 1. The summed E-state index contributed by atoms with van der Waals surface area (Å²) in [6, 6.07) is 11.7. The lowest BCUT2D eigenvalue weighted by Gasteiger charge is -2.34. The molecule has 0 saturated carbocycles. The van der Waals surface area contributed by atoms with E-state index in [2.05, 4.69) is 19.2 Å². The Morgan fingerprint density at radius 2 is 1.81 bits per heavy atom. The smallest absolute Gasteiger partial charge is 0.291 e. The van der Waals surface area contributed by atoms with Crippen molar-refractivity contribution in [2.24, 2.45) is 11.8 Å². The Morgan fingerprint density at radius 1 is 1.13 bits per heavy atom. The molecule has 1 aliphatic rings. The van der Waals surface area contributed by atoms with E-state index in [1.165, 1.54) is 0 Å². The fourth-order valence-corrected chi connectivity index (χ4v) is 6.16. The average Bonchev–Trinajstić information content (AvgIpc) is 3.05. The highest BCUT2D eigenvalue weighted by molar-refractivity contribution is 7.89. The molecule has 1 aromatic heterocycles. The summed E-state index contributed by atoms with van der Waals surface area (Å²) in [6.07, 6.45) is 1.02. The fourth-order valence-electron chi connectivity index (χ4n) is 4.27. The number of amides is 1. The standard InChI is InChI=1S/C23H25ClN2O4S/c1-14-10-15(2)13-26(12-14)31(28,29)17-8-9-21-18(11-17)16(3)22(30-21)23(27)25-20-7-5-4-6-19(20)24/h4-9,11,14-15H,10,12-13H2,1-3H3,(H,25,27). The highest BCUT2D eigenvalue weighted by Crippen LogP contribution is 2.32. The molecule has 2 atom stereocenters. The van der Waals surface area contributed by atoms with Gasteiger partial charge in [0.25, 0.3) is 5.91 Å². The highest BCUT2D eigenvalue weighted by Gasteiger charge is 2.32. The van der Waals surface area contributed by atoms with Gasteiger partial charge in [-0.3, -0.25) is 4.79 Å². The maximum Gasteiger partial charge on any atom is 0.291 e. The molecule has 31 heavy (non-hydrogen) atoms. The van der Waals surface area contributed by atoms with Crippen LogP contribution in [0.4, 0.5) is 5.69 Å². The van der Waals surface area contributed by atoms with Crippen LogP contribution in [-0.2, 0) is 10.0 Å². The van der Waals surface area contributed by atoms with E-state index in [0.29, 0.717) is 52.2 Å². The number of aryl methyl sites for hydroxylation is 1. The van der Waals surface area contributed by atoms with E-state index in [-0.39, 0.29) is 10.7 Å². The number of piperidine rings is 1. The minimum absolute atomic E-state index is 0.129. The normalized spacial score (nSPS) is 20.1. The third-order valence-electron chi connectivity index (χ3n) is 5.71. The summed E-state index contributed by atoms with van der Waals surface area (Å²) in [5.74, 6) is 0.325. The monoisotopic (exact) mass is 460 g/mol. The number of anilines is 1. The zero-order valence-electron chi connectivity index (χ0n) is 17.7. The van der Waals surface area contributed by atoms with E-state index in [9.17, 15) is 13.2 Å². The minimum atomic E-state index is -3.63. The van der Waals surface area contributed by atoms with Gasteiger partial charge in [0, 0.05) is 24.0 Å². The Kier molecular flexibility index (Phi) is 5.85. The summed E-state index contributed by atoms with van der Waals surface area (Å²) in [7, 11) is -3.63. The Hall–Kier alpha value is -2.35. The lowest BCUT2D eigenvalue weighted by molar-refractivity contribution is 0.0998. The van der Waals surface area contributed by atoms with Gasteiger partial charge in [0.15, 0.2) is 5.76 Å². The van der Waals surface area contributed by atoms with Crippen molar-refractivity contribution in [3.63, 3.8) is 0 Å². The molecular weight excluding hydrogens is 436 g/mol. The summed E-state index contributed by atoms with van der Waals surface area (Å²) >= 11 is 6.12. The molecule has 2 heterocycles. The van der Waals surface area contributed by atoms with E-state index in [4.69, 9.17) is 16.0 Å². The van der Waals surface area contributed by atoms with E-state index >= 15 is 0 Å². The van der Waals surface area contributed by atoms with Crippen molar-refractivity contribution in [1.82, 2.24) is 4.31 Å². The van der Waals surface area contributed by atoms with Crippen molar-refractivity contribution in [1.29, 1.82) is 0 Å². The second-order valence-corrected chi connectivity index (χ2v) is 10.8. The lowest BCUT2D eigenvalue weighted by Crippen LogP contribution is -2.42. The Morgan fingerprint density at radius 3 is 2.48 bits per heavy atom. The number of carbonyl (C=O) groups excluding carboxylic acids is 1. The maximum atomic E-state index is 13.3. The number of sulfonamides is 1. The van der Waals surface area contributed by atoms with Gasteiger partial charge in [0.05, 0.1) is 15.6 Å². The van der Waals surface area contributed by atoms with E-state index < -0.39 is 15.9 Å². The number of rotatable bonds is 4. The van der Waals surface area contributed by atoms with Crippen molar-refractivity contribution in [2.45, 2.75) is 32.1 Å². The molecule has 164 valence electrons. The number of nitrogens with one attached hydrogen (secondary N) is 1. The molecule has 0 spiro atoms. The molecule has 1 fully saturated rings. The molecule has 1 amide bonds. The van der Waals surface area contributed by atoms with E-state index in [1.54, 1.807) is 53.7 Å². The Labute approximate surface area is 187 Å². The molecule has 1 aliphatic heterocycles. The largest absolute Gasteiger partial charge is 0.451 e. The summed E-state index contributed by atoms with van der Waals surface area (Å²) in [5.41, 5.74) is 1.52. The van der Waals surface area contributed by atoms with Gasteiger partial charge in [-0.05, 0) is 55.5 Å². The molecule has 8 heteroatoms. The van der Waals surface area contributed by atoms with Gasteiger partial charge < -0.3 is 9.73 Å². The van der Waals surface area contributed by atoms with Crippen molar-refractivity contribution in [3.05, 3.63) is 58.8 Å². The molecular formula is C23H25ClN2O4S. The molecule has 1 saturated heterocycles. The third-order valence-corrected chi connectivity index (χ3v) is 7.87. The first-order valence-corrected chi connectivity index (χ1v) is 12.1. The second kappa shape index (κ2) is 8.30. The SMILES string of the molecule is Cc1c(C(=O)Nc2ccccc2Cl)oc2ccc(S(=O)(=O)N3CC(C)CC(C)C3)cc12. The number of benzene rings is 2. The van der Waals surface area contributed by atoms with Crippen molar-refractivity contribution in [2.75, 3.05) is 18.4 Å². The van der Waals surface area contributed by atoms with Crippen LogP contribution in [-0.4, -0.2) is 31.7 Å². The first-order valence-electron chi connectivity index (χ1n) is 10.3. The molecule has 0 aliphatic carbocycles. The first-order chi connectivity index (χ1) is 14.7. The predicted octanol–water partition coefficient (Wildman–Crippen LogP) is 5.31. The molecule has 2 unspecified atom stereocenters. The van der Waals surface area contributed by atoms with E-state index in [0.717, 1.165) is 6.42 Å². The Balaban J connectivity index is 1.67. The lowest BCUT2D eigenvalue weighted by atomic mass is 9.94. The summed E-state index contributed by atoms with van der Waals surface area (Å²) in [6.45, 7) is 6.92. The van der Waals surface area contributed by atoms with Gasteiger partial charge in [0.1, 0.15) is 5.58 Å². The topological polar surface area (TPSA) is 79.6 Å². The zero-order chi connectivity index (χ0) is 22.3. The van der Waals surface area contributed by atoms with Crippen LogP contribution in [0.3, 0.4) is 0 Å². The average molecular weight is 461 g/mol. The molecule has 0 radical (unpaired) electrons. The number of hydrogen-bond donors (Lipinski definition) is 1. The number of furan rings is 1. The van der Waals surface area contributed by atoms with Crippen LogP contribution in [0.2, 0.25) is 5.02 Å². The van der Waals surface area contributed by atoms with Gasteiger partial charge >= 0.3 is 0 Å². The number of fused-ring (bicyclic) bond motifs is 1. The van der Waals surface area contributed by atoms with Crippen LogP contribution in [0.25, 0.3) is 11.0 Å². The molecule has 2 aromatic carbocycles. The van der Waals surface area contributed by atoms with Gasteiger partial charge in [0.2, 0.25) is 10.0 Å². The van der Waals surface area contributed by atoms with E-state index in [1.807, 2.05) is 0 Å². The molecule has 4 rings (SSSR count). The van der Waals surface area contributed by atoms with Crippen molar-refractivity contribution >= 4 is 44.2 Å². The van der Waals surface area contributed by atoms with Crippen LogP contribution in [0.15, 0.2) is 51.8 Å². The quantitative estimate of drug-likeness (QED) is 0.571. The van der Waals surface area contributed by atoms with Crippen LogP contribution >= 0.6 is 11.6 Å². The number of nitrogens with zero attached hydrogens (tertiary/aromatic N) is 1. The predicted molar refractivity (Wildman–Crippen MR) is 122 cm³/mol. The summed E-state index contributed by atoms with van der Waals surface area (Å²) in [5, 5.41) is 3.76. The van der Waals surface area contributed by atoms with Crippen LogP contribution < -0.4 is 5.32 Å². The third kappa shape index (κ3) is 4.22. The van der Waals surface area contributed by atoms with Crippen molar-refractivity contribution in [3.8, 4) is 0 Å². The number of hydrogen-bond acceptors (Lipinski definition) is 4. The van der Waals surface area contributed by atoms with Crippen LogP contribution in [0.5, 0.6) is 0 Å². The molecule has 6 nitrogen and oxygen atoms in total. The molecule has 3 aromatic rings. The number of halogens is 1. The zero-order valence-corrected chi connectivity index (χ0v) is 19.3. The highest BCUT2D eigenvalue weighted by atomic mass is 35.5. The van der Waals surface area contributed by atoms with Gasteiger partial charge in [-0.25, -0.2) is 8.42 Å². The van der Waals surface area contributed by atoms with Crippen LogP contribution in [0.1, 0.15) is 36.4 Å². The summed E-state index contributed by atoms with van der Waals surface area (Å²) in [4.78, 5) is 13.0. The van der Waals surface area contributed by atoms with Gasteiger partial charge in [-0.1, -0.05) is 37.6 Å². The fraction of sp³-hybridized carbons (Fsp3) is 0.348. The Bertz CT molecular complexity index is 1240. The van der Waals surface area contributed by atoms with Crippen molar-refractivity contribution < 1.29 is 17.6 Å². The molecule has 1 N–H and O–H groups in total. The summed E-state index contributed by atoms with van der Waals surface area (Å²) < 4.78 is 33.8.